The van der Waals surface area contributed by atoms with Crippen molar-refractivity contribution in [1.82, 2.24) is 9.29 Å². The molecule has 34 heavy (non-hydrogen) atoms. The van der Waals surface area contributed by atoms with Crippen LogP contribution < -0.4 is 9.80 Å². The van der Waals surface area contributed by atoms with Crippen molar-refractivity contribution in [2.75, 3.05) is 42.5 Å². The SMILES string of the molecule is Cc1cccc(N2CCN(c3ccc4cc(S(=O)(=O)N5CCC(C)CC5)ccc4n3)C[C@@H]2C)c1. The van der Waals surface area contributed by atoms with Crippen molar-refractivity contribution in [1.29, 1.82) is 0 Å². The monoisotopic (exact) mass is 478 g/mol. The van der Waals surface area contributed by atoms with Crippen molar-refractivity contribution < 1.29 is 8.42 Å². The quantitative estimate of drug-likeness (QED) is 0.545. The Morgan fingerprint density at radius 3 is 2.44 bits per heavy atom. The Hall–Kier alpha value is -2.64. The van der Waals surface area contributed by atoms with Crippen molar-refractivity contribution in [3.63, 3.8) is 0 Å². The fraction of sp³-hybridized carbons (Fsp3) is 0.444. The van der Waals surface area contributed by atoms with Crippen molar-refractivity contribution >= 4 is 32.4 Å². The summed E-state index contributed by atoms with van der Waals surface area (Å²) in [5.74, 6) is 1.54. The van der Waals surface area contributed by atoms with Crippen LogP contribution in [0.25, 0.3) is 10.9 Å². The topological polar surface area (TPSA) is 56.8 Å². The van der Waals surface area contributed by atoms with Crippen LogP contribution in [-0.4, -0.2) is 56.5 Å². The lowest BCUT2D eigenvalue weighted by Crippen LogP contribution is -2.52. The van der Waals surface area contributed by atoms with E-state index in [2.05, 4.69) is 54.8 Å². The predicted molar refractivity (Wildman–Crippen MR) is 139 cm³/mol. The second-order valence-electron chi connectivity index (χ2n) is 9.94. The zero-order valence-corrected chi connectivity index (χ0v) is 21.1. The van der Waals surface area contributed by atoms with Gasteiger partial charge in [0.2, 0.25) is 10.0 Å². The fourth-order valence-corrected chi connectivity index (χ4v) is 6.67. The highest BCUT2D eigenvalue weighted by atomic mass is 32.2. The summed E-state index contributed by atoms with van der Waals surface area (Å²) in [7, 11) is -3.46. The summed E-state index contributed by atoms with van der Waals surface area (Å²) in [5.41, 5.74) is 3.38. The van der Waals surface area contributed by atoms with E-state index in [4.69, 9.17) is 4.98 Å². The highest BCUT2D eigenvalue weighted by Gasteiger charge is 2.29. The number of hydrogen-bond donors (Lipinski definition) is 0. The molecule has 0 aliphatic carbocycles. The fourth-order valence-electron chi connectivity index (χ4n) is 5.16. The molecule has 0 unspecified atom stereocenters. The maximum absolute atomic E-state index is 13.1. The largest absolute Gasteiger partial charge is 0.365 e. The van der Waals surface area contributed by atoms with Crippen LogP contribution in [0, 0.1) is 12.8 Å². The van der Waals surface area contributed by atoms with Gasteiger partial charge in [0.15, 0.2) is 0 Å². The minimum Gasteiger partial charge on any atom is -0.365 e. The summed E-state index contributed by atoms with van der Waals surface area (Å²) in [4.78, 5) is 10.0. The maximum Gasteiger partial charge on any atom is 0.243 e. The summed E-state index contributed by atoms with van der Waals surface area (Å²) < 4.78 is 27.9. The van der Waals surface area contributed by atoms with Crippen molar-refractivity contribution in [2.45, 2.75) is 44.6 Å². The number of sulfonamides is 1. The van der Waals surface area contributed by atoms with E-state index in [-0.39, 0.29) is 0 Å². The van der Waals surface area contributed by atoms with Crippen LogP contribution in [0.2, 0.25) is 0 Å². The van der Waals surface area contributed by atoms with E-state index in [9.17, 15) is 8.42 Å². The van der Waals surface area contributed by atoms with Crippen LogP contribution in [0.1, 0.15) is 32.3 Å². The van der Waals surface area contributed by atoms with Gasteiger partial charge in [-0.15, -0.1) is 0 Å². The molecule has 1 atom stereocenters. The number of benzene rings is 2. The van der Waals surface area contributed by atoms with Gasteiger partial charge in [-0.3, -0.25) is 0 Å². The molecular formula is C27H34N4O2S. The molecule has 3 aromatic rings. The molecule has 0 bridgehead atoms. The molecule has 0 N–H and O–H groups in total. The zero-order valence-electron chi connectivity index (χ0n) is 20.3. The van der Waals surface area contributed by atoms with E-state index in [1.165, 1.54) is 11.3 Å². The van der Waals surface area contributed by atoms with Crippen LogP contribution >= 0.6 is 0 Å². The van der Waals surface area contributed by atoms with Gasteiger partial charge in [0.25, 0.3) is 0 Å². The standard InChI is InChI=1S/C27H34N4O2S/c1-20-11-13-30(14-12-20)34(32,33)25-8-9-26-23(18-25)7-10-27(28-26)29-15-16-31(22(3)19-29)24-6-4-5-21(2)17-24/h4-10,17-18,20,22H,11-16,19H2,1-3H3/t22-/m0/s1. The smallest absolute Gasteiger partial charge is 0.243 e. The number of nitrogens with zero attached hydrogens (tertiary/aromatic N) is 4. The molecule has 0 radical (unpaired) electrons. The van der Waals surface area contributed by atoms with Crippen molar-refractivity contribution in [3.8, 4) is 0 Å². The third-order valence-electron chi connectivity index (χ3n) is 7.31. The molecule has 7 heteroatoms. The molecular weight excluding hydrogens is 444 g/mol. The third kappa shape index (κ3) is 4.51. The van der Waals surface area contributed by atoms with Crippen molar-refractivity contribution in [2.24, 2.45) is 5.92 Å². The maximum atomic E-state index is 13.1. The molecule has 0 spiro atoms. The lowest BCUT2D eigenvalue weighted by Gasteiger charge is -2.42. The minimum atomic E-state index is -3.46. The number of piperidine rings is 1. The van der Waals surface area contributed by atoms with Gasteiger partial charge in [0.05, 0.1) is 10.4 Å². The van der Waals surface area contributed by atoms with E-state index in [1.807, 2.05) is 18.2 Å². The number of rotatable bonds is 4. The number of aromatic nitrogens is 1. The van der Waals surface area contributed by atoms with Gasteiger partial charge in [-0.25, -0.2) is 13.4 Å². The third-order valence-corrected chi connectivity index (χ3v) is 9.21. The van der Waals surface area contributed by atoms with Crippen LogP contribution in [0.3, 0.4) is 0 Å². The van der Waals surface area contributed by atoms with E-state index >= 15 is 0 Å². The summed E-state index contributed by atoms with van der Waals surface area (Å²) >= 11 is 0. The Morgan fingerprint density at radius 2 is 1.71 bits per heavy atom. The molecule has 2 fully saturated rings. The van der Waals surface area contributed by atoms with Gasteiger partial charge in [-0.1, -0.05) is 19.1 Å². The lowest BCUT2D eigenvalue weighted by atomic mass is 10.0. The highest BCUT2D eigenvalue weighted by Crippen LogP contribution is 2.28. The Kier molecular flexibility index (Phi) is 6.25. The first kappa shape index (κ1) is 23.1. The molecule has 2 saturated heterocycles. The minimum absolute atomic E-state index is 0.365. The Balaban J connectivity index is 1.33. The molecule has 1 aromatic heterocycles. The number of hydrogen-bond acceptors (Lipinski definition) is 5. The molecule has 0 saturated carbocycles. The van der Waals surface area contributed by atoms with Crippen LogP contribution in [-0.2, 0) is 10.0 Å². The van der Waals surface area contributed by atoms with Gasteiger partial charge in [0, 0.05) is 49.8 Å². The number of aryl methyl sites for hydroxylation is 1. The highest BCUT2D eigenvalue weighted by molar-refractivity contribution is 7.89. The molecule has 3 heterocycles. The van der Waals surface area contributed by atoms with Gasteiger partial charge in [0.1, 0.15) is 5.82 Å². The average molecular weight is 479 g/mol. The number of piperazine rings is 1. The second kappa shape index (κ2) is 9.19. The molecule has 2 aliphatic rings. The molecule has 0 amide bonds. The molecule has 2 aromatic carbocycles. The van der Waals surface area contributed by atoms with Gasteiger partial charge in [-0.05, 0) is 80.6 Å². The first-order valence-electron chi connectivity index (χ1n) is 12.3. The first-order valence-corrected chi connectivity index (χ1v) is 13.7. The summed E-state index contributed by atoms with van der Waals surface area (Å²) in [6.45, 7) is 10.5. The molecule has 2 aliphatic heterocycles. The van der Waals surface area contributed by atoms with Crippen LogP contribution in [0.15, 0.2) is 59.5 Å². The van der Waals surface area contributed by atoms with E-state index in [0.29, 0.717) is 29.9 Å². The lowest BCUT2D eigenvalue weighted by molar-refractivity contribution is 0.288. The summed E-state index contributed by atoms with van der Waals surface area (Å²) in [5, 5.41) is 0.863. The van der Waals surface area contributed by atoms with Crippen molar-refractivity contribution in [3.05, 3.63) is 60.2 Å². The summed E-state index contributed by atoms with van der Waals surface area (Å²) in [6, 6.07) is 18.4. The average Bonchev–Trinajstić information content (AvgIpc) is 2.83. The summed E-state index contributed by atoms with van der Waals surface area (Å²) in [6.07, 6.45) is 1.85. The van der Waals surface area contributed by atoms with E-state index in [0.717, 1.165) is 49.2 Å². The number of anilines is 2. The predicted octanol–water partition coefficient (Wildman–Crippen LogP) is 4.68. The zero-order chi connectivity index (χ0) is 23.9. The number of fused-ring (bicyclic) bond motifs is 1. The van der Waals surface area contributed by atoms with Gasteiger partial charge < -0.3 is 9.80 Å². The van der Waals surface area contributed by atoms with Gasteiger partial charge in [-0.2, -0.15) is 4.31 Å². The Bertz CT molecular complexity index is 1280. The molecule has 5 rings (SSSR count). The Labute approximate surface area is 203 Å². The van der Waals surface area contributed by atoms with Gasteiger partial charge >= 0.3 is 0 Å². The second-order valence-corrected chi connectivity index (χ2v) is 11.9. The van der Waals surface area contributed by atoms with E-state index in [1.54, 1.807) is 16.4 Å². The Morgan fingerprint density at radius 1 is 0.912 bits per heavy atom. The molecule has 180 valence electrons. The van der Waals surface area contributed by atoms with E-state index < -0.39 is 10.0 Å². The van der Waals surface area contributed by atoms with Crippen LogP contribution in [0.4, 0.5) is 11.5 Å². The normalized spacial score (nSPS) is 20.7. The molecule has 6 nitrogen and oxygen atoms in total. The number of pyridine rings is 1. The first-order chi connectivity index (χ1) is 16.3. The van der Waals surface area contributed by atoms with Crippen LogP contribution in [0.5, 0.6) is 0 Å².